The second kappa shape index (κ2) is 8.66. The van der Waals surface area contributed by atoms with Gasteiger partial charge in [-0.3, -0.25) is 0 Å². The van der Waals surface area contributed by atoms with Gasteiger partial charge >= 0.3 is 0 Å². The Hall–Kier alpha value is -3.20. The number of methoxy groups -OCH3 is 4. The second-order valence-corrected chi connectivity index (χ2v) is 7.43. The lowest BCUT2D eigenvalue weighted by atomic mass is 10.1. The normalized spacial score (nSPS) is 12.7. The van der Waals surface area contributed by atoms with E-state index in [4.69, 9.17) is 24.0 Å². The van der Waals surface area contributed by atoms with Crippen LogP contribution in [0.15, 0.2) is 46.7 Å². The molecule has 8 nitrogen and oxygen atoms in total. The lowest BCUT2D eigenvalue weighted by molar-refractivity contribution is 0.324. The van der Waals surface area contributed by atoms with E-state index in [1.54, 1.807) is 44.9 Å². The van der Waals surface area contributed by atoms with Crippen LogP contribution in [-0.2, 0) is 6.42 Å². The molecule has 0 N–H and O–H groups in total. The van der Waals surface area contributed by atoms with Crippen molar-refractivity contribution in [1.29, 1.82) is 0 Å². The number of fused-ring (bicyclic) bond motifs is 1. The summed E-state index contributed by atoms with van der Waals surface area (Å²) in [7, 11) is 6.44. The van der Waals surface area contributed by atoms with E-state index in [0.717, 1.165) is 39.3 Å². The Kier molecular flexibility index (Phi) is 5.80. The fourth-order valence-corrected chi connectivity index (χ4v) is 4.08. The topological polar surface area (TPSA) is 80.0 Å². The van der Waals surface area contributed by atoms with Crippen LogP contribution in [0.4, 0.5) is 0 Å². The molecule has 1 aromatic heterocycles. The van der Waals surface area contributed by atoms with Crippen molar-refractivity contribution in [2.24, 2.45) is 5.10 Å². The van der Waals surface area contributed by atoms with Crippen molar-refractivity contribution in [3.8, 4) is 23.0 Å². The number of hydrogen-bond acceptors (Lipinski definition) is 8. The van der Waals surface area contributed by atoms with Crippen molar-refractivity contribution in [2.75, 3.05) is 34.2 Å². The summed E-state index contributed by atoms with van der Waals surface area (Å²) in [6, 6.07) is 11.7. The first-order chi connectivity index (χ1) is 14.7. The smallest absolute Gasteiger partial charge is 0.212 e. The second-order valence-electron chi connectivity index (χ2n) is 6.48. The summed E-state index contributed by atoms with van der Waals surface area (Å²) < 4.78 is 23.4. The van der Waals surface area contributed by atoms with Gasteiger partial charge in [-0.1, -0.05) is 11.8 Å². The van der Waals surface area contributed by atoms with Crippen LogP contribution in [0.3, 0.4) is 0 Å². The molecular weight excluding hydrogens is 404 g/mol. The third-order valence-corrected chi connectivity index (χ3v) is 5.68. The third kappa shape index (κ3) is 3.80. The van der Waals surface area contributed by atoms with Gasteiger partial charge in [-0.2, -0.15) is 9.78 Å². The van der Waals surface area contributed by atoms with Crippen molar-refractivity contribution in [3.05, 3.63) is 53.3 Å². The van der Waals surface area contributed by atoms with Crippen LogP contribution < -0.4 is 18.9 Å². The molecule has 30 heavy (non-hydrogen) atoms. The van der Waals surface area contributed by atoms with E-state index in [9.17, 15) is 0 Å². The molecule has 0 atom stereocenters. The van der Waals surface area contributed by atoms with E-state index >= 15 is 0 Å². The van der Waals surface area contributed by atoms with Crippen molar-refractivity contribution >= 4 is 17.5 Å². The Balaban J connectivity index is 1.66. The summed E-state index contributed by atoms with van der Waals surface area (Å²) in [5.74, 6) is 4.04. The zero-order valence-corrected chi connectivity index (χ0v) is 18.0. The van der Waals surface area contributed by atoms with Crippen LogP contribution in [-0.4, -0.2) is 54.8 Å². The van der Waals surface area contributed by atoms with E-state index < -0.39 is 0 Å². The lowest BCUT2D eigenvalue weighted by Gasteiger charge is -2.15. The Morgan fingerprint density at radius 2 is 1.60 bits per heavy atom. The molecule has 156 valence electrons. The first-order valence-electron chi connectivity index (χ1n) is 9.25. The van der Waals surface area contributed by atoms with Crippen LogP contribution in [0, 0.1) is 0 Å². The van der Waals surface area contributed by atoms with Gasteiger partial charge in [0.2, 0.25) is 10.9 Å². The molecule has 0 unspecified atom stereocenters. The maximum absolute atomic E-state index is 5.46. The lowest BCUT2D eigenvalue weighted by Crippen LogP contribution is -2.14. The molecule has 2 aromatic carbocycles. The largest absolute Gasteiger partial charge is 0.497 e. The van der Waals surface area contributed by atoms with Crippen molar-refractivity contribution in [3.63, 3.8) is 0 Å². The van der Waals surface area contributed by atoms with Crippen LogP contribution in [0.25, 0.3) is 0 Å². The Morgan fingerprint density at radius 1 is 0.900 bits per heavy atom. The third-order valence-electron chi connectivity index (χ3n) is 4.75. The van der Waals surface area contributed by atoms with Gasteiger partial charge in [-0.25, -0.2) is 0 Å². The minimum absolute atomic E-state index is 0.518. The number of nitrogens with zero attached hydrogens (tertiary/aromatic N) is 4. The Labute approximate surface area is 178 Å². The fourth-order valence-electron chi connectivity index (χ4n) is 3.22. The zero-order valence-electron chi connectivity index (χ0n) is 17.2. The number of hydrogen-bond donors (Lipinski definition) is 0. The summed E-state index contributed by atoms with van der Waals surface area (Å²) in [6.45, 7) is 0. The highest BCUT2D eigenvalue weighted by Gasteiger charge is 2.21. The molecule has 0 saturated carbocycles. The highest BCUT2D eigenvalue weighted by molar-refractivity contribution is 7.99. The van der Waals surface area contributed by atoms with Crippen molar-refractivity contribution in [2.45, 2.75) is 11.6 Å². The molecule has 1 aliphatic rings. The average molecular weight is 426 g/mol. The molecule has 0 saturated heterocycles. The molecule has 9 heteroatoms. The molecule has 2 heterocycles. The minimum atomic E-state index is 0.518. The predicted octanol–water partition coefficient (Wildman–Crippen LogP) is 3.26. The first kappa shape index (κ1) is 20.1. The van der Waals surface area contributed by atoms with Gasteiger partial charge < -0.3 is 18.9 Å². The maximum Gasteiger partial charge on any atom is 0.212 e. The van der Waals surface area contributed by atoms with Crippen LogP contribution in [0.1, 0.15) is 17.0 Å². The van der Waals surface area contributed by atoms with Crippen molar-refractivity contribution in [1.82, 2.24) is 14.9 Å². The molecular formula is C21H22N4O4S. The molecule has 4 rings (SSSR count). The van der Waals surface area contributed by atoms with E-state index in [1.807, 2.05) is 36.4 Å². The van der Waals surface area contributed by atoms with Gasteiger partial charge in [-0.05, 0) is 47.5 Å². The maximum atomic E-state index is 5.46. The molecule has 0 fully saturated rings. The number of ether oxygens (including phenoxy) is 4. The Bertz CT molecular complexity index is 1050. The Morgan fingerprint density at radius 3 is 2.20 bits per heavy atom. The van der Waals surface area contributed by atoms with Gasteiger partial charge in [0.15, 0.2) is 17.3 Å². The SMILES string of the molecule is COc1ccc(C2=Nn3c(Cc4cc(OC)c(OC)c(OC)c4)nnc3SC2)cc1. The summed E-state index contributed by atoms with van der Waals surface area (Å²) in [5.41, 5.74) is 2.96. The number of aromatic nitrogens is 3. The quantitative estimate of drug-likeness (QED) is 0.574. The summed E-state index contributed by atoms with van der Waals surface area (Å²) >= 11 is 1.61. The monoisotopic (exact) mass is 426 g/mol. The predicted molar refractivity (Wildman–Crippen MR) is 115 cm³/mol. The van der Waals surface area contributed by atoms with Gasteiger partial charge in [0.1, 0.15) is 5.75 Å². The first-order valence-corrected chi connectivity index (χ1v) is 10.2. The van der Waals surface area contributed by atoms with Crippen LogP contribution in [0.5, 0.6) is 23.0 Å². The summed E-state index contributed by atoms with van der Waals surface area (Å²) in [5, 5.41) is 14.2. The number of thioether (sulfide) groups is 1. The summed E-state index contributed by atoms with van der Waals surface area (Å²) in [4.78, 5) is 0. The van der Waals surface area contributed by atoms with E-state index in [1.165, 1.54) is 0 Å². The van der Waals surface area contributed by atoms with Gasteiger partial charge in [0, 0.05) is 12.2 Å². The zero-order chi connectivity index (χ0) is 21.1. The number of rotatable bonds is 7. The van der Waals surface area contributed by atoms with E-state index in [0.29, 0.717) is 23.7 Å². The van der Waals surface area contributed by atoms with Gasteiger partial charge in [-0.15, -0.1) is 10.2 Å². The molecule has 3 aromatic rings. The minimum Gasteiger partial charge on any atom is -0.497 e. The molecule has 1 aliphatic heterocycles. The molecule has 0 bridgehead atoms. The van der Waals surface area contributed by atoms with E-state index in [2.05, 4.69) is 10.2 Å². The molecule has 0 aliphatic carbocycles. The van der Waals surface area contributed by atoms with Crippen LogP contribution in [0.2, 0.25) is 0 Å². The van der Waals surface area contributed by atoms with E-state index in [-0.39, 0.29) is 0 Å². The average Bonchev–Trinajstić information content (AvgIpc) is 3.20. The molecule has 0 radical (unpaired) electrons. The number of benzene rings is 2. The summed E-state index contributed by atoms with van der Waals surface area (Å²) in [6.07, 6.45) is 0.518. The molecule has 0 amide bonds. The van der Waals surface area contributed by atoms with Crippen LogP contribution >= 0.6 is 11.8 Å². The van der Waals surface area contributed by atoms with Gasteiger partial charge in [0.25, 0.3) is 0 Å². The molecule has 0 spiro atoms. The van der Waals surface area contributed by atoms with Crippen molar-refractivity contribution < 1.29 is 18.9 Å². The highest BCUT2D eigenvalue weighted by Crippen LogP contribution is 2.38. The highest BCUT2D eigenvalue weighted by atomic mass is 32.2. The standard InChI is InChI=1S/C21H22N4O4S/c1-26-15-7-5-14(6-8-15)16-12-30-21-23-22-19(25(21)24-16)11-13-9-17(27-2)20(29-4)18(10-13)28-3/h5-10H,11-12H2,1-4H3. The fraction of sp³-hybridized carbons (Fsp3) is 0.286. The van der Waals surface area contributed by atoms with Gasteiger partial charge in [0.05, 0.1) is 34.2 Å².